The fourth-order valence-corrected chi connectivity index (χ4v) is 1.90. The first-order valence-corrected chi connectivity index (χ1v) is 7.25. The van der Waals surface area contributed by atoms with Gasteiger partial charge in [0.1, 0.15) is 12.4 Å². The lowest BCUT2D eigenvalue weighted by molar-refractivity contribution is 0.0953. The number of carbonyl (C=O) groups excluding carboxylic acids is 1. The first kappa shape index (κ1) is 15.5. The third kappa shape index (κ3) is 5.33. The number of halogens is 1. The van der Waals surface area contributed by atoms with E-state index in [4.69, 9.17) is 5.11 Å². The van der Waals surface area contributed by atoms with Gasteiger partial charge in [0.2, 0.25) is 0 Å². The highest BCUT2D eigenvalue weighted by atomic mass is 32.2. The Balaban J connectivity index is 2.78. The number of thioether (sulfide) groups is 1. The van der Waals surface area contributed by atoms with Crippen LogP contribution in [0, 0.1) is 17.7 Å². The van der Waals surface area contributed by atoms with Crippen LogP contribution in [0.4, 0.5) is 4.39 Å². The van der Waals surface area contributed by atoms with Crippen molar-refractivity contribution in [3.05, 3.63) is 35.1 Å². The van der Waals surface area contributed by atoms with Crippen molar-refractivity contribution in [2.75, 3.05) is 25.2 Å². The van der Waals surface area contributed by atoms with Crippen LogP contribution >= 0.6 is 11.8 Å². The van der Waals surface area contributed by atoms with E-state index in [2.05, 4.69) is 17.2 Å². The second-order valence-electron chi connectivity index (χ2n) is 3.75. The summed E-state index contributed by atoms with van der Waals surface area (Å²) in [4.78, 5) is 11.9. The molecule has 102 valence electrons. The Morgan fingerprint density at radius 3 is 3.00 bits per heavy atom. The Bertz CT molecular complexity index is 494. The molecule has 0 aliphatic rings. The topological polar surface area (TPSA) is 49.3 Å². The summed E-state index contributed by atoms with van der Waals surface area (Å²) < 4.78 is 13.1. The summed E-state index contributed by atoms with van der Waals surface area (Å²) in [5, 5.41) is 11.4. The quantitative estimate of drug-likeness (QED) is 0.637. The van der Waals surface area contributed by atoms with E-state index in [1.54, 1.807) is 11.8 Å². The number of aliphatic hydroxyl groups excluding tert-OH is 1. The van der Waals surface area contributed by atoms with Crippen LogP contribution < -0.4 is 5.32 Å². The van der Waals surface area contributed by atoms with Gasteiger partial charge in [0, 0.05) is 12.1 Å². The smallest absolute Gasteiger partial charge is 0.252 e. The van der Waals surface area contributed by atoms with E-state index in [0.717, 1.165) is 12.2 Å². The molecule has 3 nitrogen and oxygen atoms in total. The van der Waals surface area contributed by atoms with Crippen LogP contribution in [-0.2, 0) is 0 Å². The first-order valence-electron chi connectivity index (χ1n) is 5.85. The van der Waals surface area contributed by atoms with Gasteiger partial charge in [-0.2, -0.15) is 11.8 Å². The highest BCUT2D eigenvalue weighted by Gasteiger charge is 2.10. The molecule has 1 aromatic carbocycles. The molecule has 0 unspecified atom stereocenters. The molecule has 0 aliphatic carbocycles. The van der Waals surface area contributed by atoms with E-state index >= 15 is 0 Å². The fraction of sp³-hybridized carbons (Fsp3) is 0.357. The molecular weight excluding hydrogens is 265 g/mol. The van der Waals surface area contributed by atoms with Crippen molar-refractivity contribution < 1.29 is 14.3 Å². The van der Waals surface area contributed by atoms with Gasteiger partial charge in [-0.15, -0.1) is 0 Å². The third-order valence-corrected chi connectivity index (χ3v) is 3.04. The Hall–Kier alpha value is -1.51. The van der Waals surface area contributed by atoms with Crippen LogP contribution in [0.25, 0.3) is 0 Å². The van der Waals surface area contributed by atoms with Gasteiger partial charge in [-0.3, -0.25) is 4.79 Å². The molecule has 0 bridgehead atoms. The molecule has 0 heterocycles. The summed E-state index contributed by atoms with van der Waals surface area (Å²) in [5.74, 6) is 5.24. The summed E-state index contributed by atoms with van der Waals surface area (Å²) in [6.45, 7) is 0.245. The molecular formula is C14H16FNO2S. The van der Waals surface area contributed by atoms with E-state index < -0.39 is 5.82 Å². The zero-order chi connectivity index (χ0) is 14.1. The SMILES string of the molecule is CSCCCNC(=O)c1ccc(F)cc1C#CCO. The van der Waals surface area contributed by atoms with E-state index in [1.165, 1.54) is 18.2 Å². The molecule has 0 fully saturated rings. The molecule has 1 rings (SSSR count). The van der Waals surface area contributed by atoms with Crippen LogP contribution in [0.5, 0.6) is 0 Å². The van der Waals surface area contributed by atoms with Gasteiger partial charge in [-0.1, -0.05) is 11.8 Å². The van der Waals surface area contributed by atoms with E-state index in [0.29, 0.717) is 12.1 Å². The van der Waals surface area contributed by atoms with Gasteiger partial charge in [-0.05, 0) is 36.6 Å². The van der Waals surface area contributed by atoms with Crippen molar-refractivity contribution in [1.82, 2.24) is 5.32 Å². The number of nitrogens with one attached hydrogen (secondary N) is 1. The van der Waals surface area contributed by atoms with Gasteiger partial charge in [0.05, 0.1) is 5.56 Å². The molecule has 0 saturated carbocycles. The minimum atomic E-state index is -0.457. The summed E-state index contributed by atoms with van der Waals surface area (Å²) in [7, 11) is 0. The van der Waals surface area contributed by atoms with Crippen molar-refractivity contribution in [3.63, 3.8) is 0 Å². The average molecular weight is 281 g/mol. The van der Waals surface area contributed by atoms with Gasteiger partial charge < -0.3 is 10.4 Å². The lowest BCUT2D eigenvalue weighted by atomic mass is 10.1. The molecule has 1 amide bonds. The second kappa shape index (κ2) is 8.57. The number of benzene rings is 1. The first-order chi connectivity index (χ1) is 9.19. The van der Waals surface area contributed by atoms with E-state index in [1.807, 2.05) is 6.26 Å². The summed E-state index contributed by atoms with van der Waals surface area (Å²) >= 11 is 1.71. The molecule has 2 N–H and O–H groups in total. The van der Waals surface area contributed by atoms with Crippen LogP contribution in [0.3, 0.4) is 0 Å². The van der Waals surface area contributed by atoms with Crippen LogP contribution in [0.1, 0.15) is 22.3 Å². The van der Waals surface area contributed by atoms with E-state index in [-0.39, 0.29) is 18.1 Å². The number of amides is 1. The van der Waals surface area contributed by atoms with Crippen molar-refractivity contribution in [3.8, 4) is 11.8 Å². The lowest BCUT2D eigenvalue weighted by Crippen LogP contribution is -2.25. The Labute approximate surface area is 116 Å². The van der Waals surface area contributed by atoms with Crippen molar-refractivity contribution in [2.24, 2.45) is 0 Å². The van der Waals surface area contributed by atoms with Crippen molar-refractivity contribution in [2.45, 2.75) is 6.42 Å². The number of hydrogen-bond donors (Lipinski definition) is 2. The highest BCUT2D eigenvalue weighted by Crippen LogP contribution is 2.10. The zero-order valence-corrected chi connectivity index (χ0v) is 11.5. The predicted octanol–water partition coefficient (Wildman–Crippen LogP) is 1.65. The highest BCUT2D eigenvalue weighted by molar-refractivity contribution is 7.98. The molecule has 0 atom stereocenters. The second-order valence-corrected chi connectivity index (χ2v) is 4.74. The molecule has 0 spiro atoms. The Morgan fingerprint density at radius 1 is 1.53 bits per heavy atom. The fourth-order valence-electron chi connectivity index (χ4n) is 1.47. The minimum Gasteiger partial charge on any atom is -0.384 e. The standard InChI is InChI=1S/C14H16FNO2S/c1-19-9-3-7-16-14(18)13-6-5-12(15)10-11(13)4-2-8-17/h5-6,10,17H,3,7-9H2,1H3,(H,16,18). The summed E-state index contributed by atoms with van der Waals surface area (Å²) in [6.07, 6.45) is 2.89. The maximum atomic E-state index is 13.1. The number of hydrogen-bond acceptors (Lipinski definition) is 3. The van der Waals surface area contributed by atoms with Gasteiger partial charge >= 0.3 is 0 Å². The molecule has 0 aromatic heterocycles. The number of carbonyl (C=O) groups is 1. The van der Waals surface area contributed by atoms with Crippen LogP contribution in [-0.4, -0.2) is 36.2 Å². The largest absolute Gasteiger partial charge is 0.384 e. The zero-order valence-electron chi connectivity index (χ0n) is 10.7. The van der Waals surface area contributed by atoms with E-state index in [9.17, 15) is 9.18 Å². The predicted molar refractivity (Wildman–Crippen MR) is 75.7 cm³/mol. The van der Waals surface area contributed by atoms with Gasteiger partial charge in [0.25, 0.3) is 5.91 Å². The number of rotatable bonds is 5. The average Bonchev–Trinajstić information content (AvgIpc) is 2.41. The molecule has 1 aromatic rings. The monoisotopic (exact) mass is 281 g/mol. The molecule has 0 radical (unpaired) electrons. The molecule has 19 heavy (non-hydrogen) atoms. The van der Waals surface area contributed by atoms with Gasteiger partial charge in [0.15, 0.2) is 0 Å². The Morgan fingerprint density at radius 2 is 2.32 bits per heavy atom. The molecule has 5 heteroatoms. The van der Waals surface area contributed by atoms with Crippen LogP contribution in [0.15, 0.2) is 18.2 Å². The minimum absolute atomic E-state index is 0.275. The summed E-state index contributed by atoms with van der Waals surface area (Å²) in [6, 6.07) is 3.82. The molecule has 0 saturated heterocycles. The Kier molecular flexibility index (Phi) is 7.01. The lowest BCUT2D eigenvalue weighted by Gasteiger charge is -2.06. The number of aliphatic hydroxyl groups is 1. The third-order valence-electron chi connectivity index (χ3n) is 2.34. The van der Waals surface area contributed by atoms with Crippen molar-refractivity contribution in [1.29, 1.82) is 0 Å². The van der Waals surface area contributed by atoms with Gasteiger partial charge in [-0.25, -0.2) is 4.39 Å². The maximum Gasteiger partial charge on any atom is 0.252 e. The normalized spacial score (nSPS) is 9.63. The molecule has 0 aliphatic heterocycles. The van der Waals surface area contributed by atoms with Crippen LogP contribution in [0.2, 0.25) is 0 Å². The maximum absolute atomic E-state index is 13.1. The summed E-state index contributed by atoms with van der Waals surface area (Å²) in [5.41, 5.74) is 0.614. The van der Waals surface area contributed by atoms with Crippen molar-refractivity contribution >= 4 is 17.7 Å².